The van der Waals surface area contributed by atoms with Gasteiger partial charge in [-0.1, -0.05) is 6.92 Å². The molecular formula is C18H34N4O. The molecule has 0 aromatic carbocycles. The minimum Gasteiger partial charge on any atom is -0.337 e. The van der Waals surface area contributed by atoms with Gasteiger partial charge >= 0.3 is 6.03 Å². The molecule has 2 aliphatic heterocycles. The molecule has 1 aliphatic carbocycles. The minimum absolute atomic E-state index is 0.146. The van der Waals surface area contributed by atoms with Crippen molar-refractivity contribution in [3.8, 4) is 0 Å². The van der Waals surface area contributed by atoms with Crippen molar-refractivity contribution in [3.05, 3.63) is 0 Å². The highest BCUT2D eigenvalue weighted by molar-refractivity contribution is 5.74. The van der Waals surface area contributed by atoms with Crippen molar-refractivity contribution in [2.75, 3.05) is 32.7 Å². The average Bonchev–Trinajstić information content (AvgIpc) is 3.28. The molecule has 2 bridgehead atoms. The topological polar surface area (TPSA) is 38.8 Å². The lowest BCUT2D eigenvalue weighted by Gasteiger charge is -2.32. The number of hydrogen-bond donors (Lipinski definition) is 1. The quantitative estimate of drug-likeness (QED) is 0.814. The maximum Gasteiger partial charge on any atom is 0.317 e. The molecule has 0 aromatic heterocycles. The molecule has 3 rings (SSSR count). The first-order valence-electron chi connectivity index (χ1n) is 9.64. The molecule has 0 unspecified atom stereocenters. The molecule has 2 heterocycles. The van der Waals surface area contributed by atoms with E-state index in [9.17, 15) is 4.79 Å². The Labute approximate surface area is 141 Å². The highest BCUT2D eigenvalue weighted by Crippen LogP contribution is 2.32. The van der Waals surface area contributed by atoms with Crippen molar-refractivity contribution in [1.29, 1.82) is 0 Å². The van der Waals surface area contributed by atoms with Gasteiger partial charge in [0, 0.05) is 50.3 Å². The van der Waals surface area contributed by atoms with Gasteiger partial charge < -0.3 is 10.2 Å². The lowest BCUT2D eigenvalue weighted by molar-refractivity contribution is 0.146. The van der Waals surface area contributed by atoms with E-state index in [4.69, 9.17) is 0 Å². The van der Waals surface area contributed by atoms with Gasteiger partial charge in [-0.15, -0.1) is 0 Å². The Morgan fingerprint density at radius 2 is 1.91 bits per heavy atom. The van der Waals surface area contributed by atoms with Gasteiger partial charge in [-0.2, -0.15) is 0 Å². The Morgan fingerprint density at radius 3 is 2.57 bits per heavy atom. The summed E-state index contributed by atoms with van der Waals surface area (Å²) in [6, 6.07) is 2.76. The molecule has 2 saturated heterocycles. The third-order valence-corrected chi connectivity index (χ3v) is 5.87. The molecule has 5 nitrogen and oxygen atoms in total. The van der Waals surface area contributed by atoms with E-state index in [2.05, 4.69) is 40.8 Å². The van der Waals surface area contributed by atoms with Crippen LogP contribution in [-0.4, -0.2) is 77.6 Å². The zero-order valence-electron chi connectivity index (χ0n) is 15.1. The fraction of sp³-hybridized carbons (Fsp3) is 0.944. The third-order valence-electron chi connectivity index (χ3n) is 5.87. The fourth-order valence-electron chi connectivity index (χ4n) is 4.60. The largest absolute Gasteiger partial charge is 0.337 e. The maximum atomic E-state index is 12.5. The van der Waals surface area contributed by atoms with Gasteiger partial charge in [0.2, 0.25) is 0 Å². The summed E-state index contributed by atoms with van der Waals surface area (Å²) in [5.74, 6) is 0. The fourth-order valence-corrected chi connectivity index (χ4v) is 4.60. The maximum absolute atomic E-state index is 12.5. The first-order chi connectivity index (χ1) is 11.1. The van der Waals surface area contributed by atoms with E-state index >= 15 is 0 Å². The van der Waals surface area contributed by atoms with Crippen LogP contribution in [-0.2, 0) is 0 Å². The van der Waals surface area contributed by atoms with Crippen LogP contribution in [0.25, 0.3) is 0 Å². The van der Waals surface area contributed by atoms with Crippen molar-refractivity contribution in [2.24, 2.45) is 0 Å². The predicted octanol–water partition coefficient (Wildman–Crippen LogP) is 2.13. The Morgan fingerprint density at radius 1 is 1.17 bits per heavy atom. The molecule has 2 amide bonds. The van der Waals surface area contributed by atoms with E-state index in [0.717, 1.165) is 45.2 Å². The number of carbonyl (C=O) groups is 1. The number of rotatable bonds is 6. The summed E-state index contributed by atoms with van der Waals surface area (Å²) < 4.78 is 0. The Kier molecular flexibility index (Phi) is 5.47. The first-order valence-corrected chi connectivity index (χ1v) is 9.64. The van der Waals surface area contributed by atoms with E-state index in [-0.39, 0.29) is 6.03 Å². The second-order valence-electron chi connectivity index (χ2n) is 7.75. The SMILES string of the molecule is CCN(CCNC(=O)N1CC[C@H]2CC[C@@H](C1)N2C(C)C)C1CC1. The molecule has 1 saturated carbocycles. The summed E-state index contributed by atoms with van der Waals surface area (Å²) in [7, 11) is 0. The van der Waals surface area contributed by atoms with Crippen LogP contribution in [0.2, 0.25) is 0 Å². The molecule has 23 heavy (non-hydrogen) atoms. The monoisotopic (exact) mass is 322 g/mol. The van der Waals surface area contributed by atoms with E-state index in [1.165, 1.54) is 25.7 Å². The normalized spacial score (nSPS) is 28.5. The zero-order chi connectivity index (χ0) is 16.4. The van der Waals surface area contributed by atoms with Gasteiger partial charge in [0.05, 0.1) is 0 Å². The van der Waals surface area contributed by atoms with Gasteiger partial charge in [0.25, 0.3) is 0 Å². The lowest BCUT2D eigenvalue weighted by atomic mass is 10.1. The van der Waals surface area contributed by atoms with Crippen molar-refractivity contribution in [2.45, 2.75) is 77.0 Å². The van der Waals surface area contributed by atoms with Gasteiger partial charge in [-0.25, -0.2) is 4.79 Å². The molecule has 1 N–H and O–H groups in total. The second-order valence-corrected chi connectivity index (χ2v) is 7.75. The van der Waals surface area contributed by atoms with Crippen molar-refractivity contribution < 1.29 is 4.79 Å². The average molecular weight is 322 g/mol. The minimum atomic E-state index is 0.146. The molecule has 0 spiro atoms. The number of likely N-dealkylation sites (tertiary alicyclic amines) is 1. The van der Waals surface area contributed by atoms with E-state index in [1.807, 2.05) is 0 Å². The summed E-state index contributed by atoms with van der Waals surface area (Å²) in [5, 5.41) is 3.16. The number of likely N-dealkylation sites (N-methyl/N-ethyl adjacent to an activating group) is 1. The van der Waals surface area contributed by atoms with Crippen LogP contribution in [0, 0.1) is 0 Å². The molecule has 0 aromatic rings. The summed E-state index contributed by atoms with van der Waals surface area (Å²) in [6.07, 6.45) is 6.36. The number of nitrogens with zero attached hydrogens (tertiary/aromatic N) is 3. The summed E-state index contributed by atoms with van der Waals surface area (Å²) in [6.45, 7) is 11.5. The number of urea groups is 1. The number of nitrogens with one attached hydrogen (secondary N) is 1. The number of amides is 2. The lowest BCUT2D eigenvalue weighted by Crippen LogP contribution is -2.48. The van der Waals surface area contributed by atoms with Crippen molar-refractivity contribution in [3.63, 3.8) is 0 Å². The molecule has 2 atom stereocenters. The van der Waals surface area contributed by atoms with Crippen LogP contribution in [0.15, 0.2) is 0 Å². The van der Waals surface area contributed by atoms with Crippen LogP contribution in [0.1, 0.15) is 52.9 Å². The Hall–Kier alpha value is -0.810. The number of fused-ring (bicyclic) bond motifs is 2. The van der Waals surface area contributed by atoms with Crippen LogP contribution in [0.4, 0.5) is 4.79 Å². The van der Waals surface area contributed by atoms with E-state index in [0.29, 0.717) is 18.1 Å². The molecule has 3 fully saturated rings. The summed E-state index contributed by atoms with van der Waals surface area (Å²) >= 11 is 0. The standard InChI is InChI=1S/C18H34N4O/c1-4-20(15-5-6-15)12-10-19-18(23)21-11-9-16-7-8-17(13-21)22(16)14(2)3/h14-17H,4-13H2,1-3H3,(H,19,23)/t16-,17+/m1/s1. The number of carbonyl (C=O) groups excluding carboxylic acids is 1. The third kappa shape index (κ3) is 4.00. The highest BCUT2D eigenvalue weighted by Gasteiger charge is 2.39. The molecule has 0 radical (unpaired) electrons. The second kappa shape index (κ2) is 7.39. The summed E-state index contributed by atoms with van der Waals surface area (Å²) in [5.41, 5.74) is 0. The van der Waals surface area contributed by atoms with Gasteiger partial charge in [0.15, 0.2) is 0 Å². The predicted molar refractivity (Wildman–Crippen MR) is 93.6 cm³/mol. The van der Waals surface area contributed by atoms with Crippen molar-refractivity contribution >= 4 is 6.03 Å². The van der Waals surface area contributed by atoms with Gasteiger partial charge in [-0.3, -0.25) is 9.80 Å². The Balaban J connectivity index is 1.46. The van der Waals surface area contributed by atoms with Crippen molar-refractivity contribution in [1.82, 2.24) is 20.0 Å². The van der Waals surface area contributed by atoms with Crippen LogP contribution >= 0.6 is 0 Å². The van der Waals surface area contributed by atoms with Gasteiger partial charge in [0.1, 0.15) is 0 Å². The zero-order valence-corrected chi connectivity index (χ0v) is 15.1. The van der Waals surface area contributed by atoms with E-state index in [1.54, 1.807) is 0 Å². The summed E-state index contributed by atoms with van der Waals surface area (Å²) in [4.78, 5) is 19.7. The molecule has 3 aliphatic rings. The van der Waals surface area contributed by atoms with Crippen LogP contribution in [0.5, 0.6) is 0 Å². The highest BCUT2D eigenvalue weighted by atomic mass is 16.2. The molecular weight excluding hydrogens is 288 g/mol. The van der Waals surface area contributed by atoms with Crippen LogP contribution < -0.4 is 5.32 Å². The number of hydrogen-bond acceptors (Lipinski definition) is 3. The Bertz CT molecular complexity index is 410. The first kappa shape index (κ1) is 17.0. The van der Waals surface area contributed by atoms with Crippen LogP contribution in [0.3, 0.4) is 0 Å². The van der Waals surface area contributed by atoms with Gasteiger partial charge in [-0.05, 0) is 52.5 Å². The van der Waals surface area contributed by atoms with E-state index < -0.39 is 0 Å². The smallest absolute Gasteiger partial charge is 0.317 e. The molecule has 132 valence electrons. The molecule has 5 heteroatoms.